The number of rotatable bonds is 6. The number of aromatic nitrogens is 3. The molecule has 0 bridgehead atoms. The molecule has 0 atom stereocenters. The predicted octanol–water partition coefficient (Wildman–Crippen LogP) is 3.23. The van der Waals surface area contributed by atoms with E-state index in [1.807, 2.05) is 23.9 Å². The number of halogens is 2. The number of benzene rings is 1. The van der Waals surface area contributed by atoms with Crippen LogP contribution >= 0.6 is 24.0 Å². The SMILES string of the molecule is CN=C(NCc1ccc(Oc2cccc(F)c2)nc1)NCc1ccnn1C.I. The van der Waals surface area contributed by atoms with Crippen LogP contribution in [0.3, 0.4) is 0 Å². The van der Waals surface area contributed by atoms with E-state index in [0.717, 1.165) is 11.3 Å². The van der Waals surface area contributed by atoms with Gasteiger partial charge in [0.05, 0.1) is 12.2 Å². The molecule has 0 aliphatic rings. The van der Waals surface area contributed by atoms with Crippen molar-refractivity contribution in [3.63, 3.8) is 0 Å². The Balaban J connectivity index is 0.00000280. The van der Waals surface area contributed by atoms with Crippen molar-refractivity contribution in [2.45, 2.75) is 13.1 Å². The largest absolute Gasteiger partial charge is 0.439 e. The van der Waals surface area contributed by atoms with E-state index in [-0.39, 0.29) is 29.8 Å². The van der Waals surface area contributed by atoms with E-state index in [1.165, 1.54) is 12.1 Å². The second-order valence-corrected chi connectivity index (χ2v) is 5.79. The molecular formula is C19H22FIN6O. The van der Waals surface area contributed by atoms with Crippen molar-refractivity contribution < 1.29 is 9.13 Å². The van der Waals surface area contributed by atoms with E-state index in [2.05, 4.69) is 25.7 Å². The minimum Gasteiger partial charge on any atom is -0.439 e. The van der Waals surface area contributed by atoms with Gasteiger partial charge in [0.25, 0.3) is 0 Å². The van der Waals surface area contributed by atoms with Gasteiger partial charge in [-0.25, -0.2) is 9.37 Å². The summed E-state index contributed by atoms with van der Waals surface area (Å²) < 4.78 is 20.5. The summed E-state index contributed by atoms with van der Waals surface area (Å²) in [5.41, 5.74) is 2.02. The number of nitrogens with one attached hydrogen (secondary N) is 2. The second kappa shape index (κ2) is 10.6. The van der Waals surface area contributed by atoms with Gasteiger partial charge in [0.1, 0.15) is 11.6 Å². The summed E-state index contributed by atoms with van der Waals surface area (Å²) in [5.74, 6) is 1.14. The van der Waals surface area contributed by atoms with Crippen molar-refractivity contribution >= 4 is 29.9 Å². The Morgan fingerprint density at radius 3 is 2.64 bits per heavy atom. The van der Waals surface area contributed by atoms with Crippen molar-refractivity contribution in [1.82, 2.24) is 25.4 Å². The fraction of sp³-hybridized carbons (Fsp3) is 0.211. The zero-order valence-corrected chi connectivity index (χ0v) is 17.9. The minimum absolute atomic E-state index is 0. The Hall–Kier alpha value is -2.69. The molecule has 3 rings (SSSR count). The Kier molecular flexibility index (Phi) is 8.18. The molecule has 2 heterocycles. The minimum atomic E-state index is -0.349. The molecule has 28 heavy (non-hydrogen) atoms. The Morgan fingerprint density at radius 2 is 2.00 bits per heavy atom. The van der Waals surface area contributed by atoms with Gasteiger partial charge >= 0.3 is 0 Å². The molecule has 148 valence electrons. The maximum absolute atomic E-state index is 13.2. The highest BCUT2D eigenvalue weighted by Gasteiger charge is 2.04. The van der Waals surface area contributed by atoms with Crippen LogP contribution in [0.2, 0.25) is 0 Å². The second-order valence-electron chi connectivity index (χ2n) is 5.79. The summed E-state index contributed by atoms with van der Waals surface area (Å²) in [6.07, 6.45) is 3.46. The first kappa shape index (κ1) is 21.6. The number of aryl methyl sites for hydroxylation is 1. The zero-order valence-electron chi connectivity index (χ0n) is 15.6. The van der Waals surface area contributed by atoms with Crippen LogP contribution in [-0.2, 0) is 20.1 Å². The zero-order chi connectivity index (χ0) is 19.1. The van der Waals surface area contributed by atoms with Crippen molar-refractivity contribution in [3.05, 3.63) is 71.9 Å². The van der Waals surface area contributed by atoms with Gasteiger partial charge < -0.3 is 15.4 Å². The maximum Gasteiger partial charge on any atom is 0.219 e. The molecule has 0 fully saturated rings. The molecule has 0 aliphatic heterocycles. The average molecular weight is 496 g/mol. The average Bonchev–Trinajstić information content (AvgIpc) is 3.08. The molecule has 0 unspecified atom stereocenters. The standard InChI is InChI=1S/C19H21FN6O.HI/c1-21-19(24-13-16-8-9-25-26(16)2)23-12-14-6-7-18(22-11-14)27-17-5-3-4-15(20)10-17;/h3-11H,12-13H2,1-2H3,(H2,21,23,24);1H. The van der Waals surface area contributed by atoms with E-state index in [9.17, 15) is 4.39 Å². The number of aliphatic imine (C=N–C) groups is 1. The maximum atomic E-state index is 13.2. The van der Waals surface area contributed by atoms with Crippen molar-refractivity contribution in [2.75, 3.05) is 7.05 Å². The first-order chi connectivity index (χ1) is 13.1. The summed E-state index contributed by atoms with van der Waals surface area (Å²) in [4.78, 5) is 8.45. The monoisotopic (exact) mass is 496 g/mol. The lowest BCUT2D eigenvalue weighted by Crippen LogP contribution is -2.36. The van der Waals surface area contributed by atoms with E-state index in [1.54, 1.807) is 37.6 Å². The summed E-state index contributed by atoms with van der Waals surface area (Å²) in [7, 11) is 3.61. The molecule has 2 N–H and O–H groups in total. The number of hydrogen-bond acceptors (Lipinski definition) is 4. The van der Waals surface area contributed by atoms with Gasteiger partial charge in [-0.3, -0.25) is 9.67 Å². The molecule has 1 aromatic carbocycles. The van der Waals surface area contributed by atoms with E-state index >= 15 is 0 Å². The van der Waals surface area contributed by atoms with Gasteiger partial charge in [-0.1, -0.05) is 12.1 Å². The topological polar surface area (TPSA) is 76.4 Å². The summed E-state index contributed by atoms with van der Waals surface area (Å²) in [6.45, 7) is 1.17. The Labute approximate surface area is 180 Å². The number of pyridine rings is 1. The van der Waals surface area contributed by atoms with Crippen LogP contribution in [0.5, 0.6) is 11.6 Å². The van der Waals surface area contributed by atoms with Gasteiger partial charge in [0.2, 0.25) is 5.88 Å². The number of ether oxygens (including phenoxy) is 1. The van der Waals surface area contributed by atoms with Gasteiger partial charge in [-0.05, 0) is 23.8 Å². The van der Waals surface area contributed by atoms with Crippen molar-refractivity contribution in [2.24, 2.45) is 12.0 Å². The number of hydrogen-bond donors (Lipinski definition) is 2. The van der Waals surface area contributed by atoms with Crippen molar-refractivity contribution in [3.8, 4) is 11.6 Å². The molecule has 0 saturated carbocycles. The lowest BCUT2D eigenvalue weighted by Gasteiger charge is -2.12. The van der Waals surface area contributed by atoms with Crippen molar-refractivity contribution in [1.29, 1.82) is 0 Å². The third kappa shape index (κ3) is 6.19. The highest BCUT2D eigenvalue weighted by Crippen LogP contribution is 2.19. The summed E-state index contributed by atoms with van der Waals surface area (Å²) in [5, 5.41) is 10.6. The predicted molar refractivity (Wildman–Crippen MR) is 116 cm³/mol. The third-order valence-corrected chi connectivity index (χ3v) is 3.86. The molecule has 2 aromatic heterocycles. The van der Waals surface area contributed by atoms with Crippen LogP contribution in [0.1, 0.15) is 11.3 Å². The lowest BCUT2D eigenvalue weighted by atomic mass is 10.3. The van der Waals surface area contributed by atoms with Gasteiger partial charge in [-0.2, -0.15) is 5.10 Å². The van der Waals surface area contributed by atoms with Crippen LogP contribution in [0.15, 0.2) is 59.9 Å². The van der Waals surface area contributed by atoms with Gasteiger partial charge in [-0.15, -0.1) is 24.0 Å². The quantitative estimate of drug-likeness (QED) is 0.312. The molecule has 3 aromatic rings. The fourth-order valence-corrected chi connectivity index (χ4v) is 2.38. The van der Waals surface area contributed by atoms with E-state index in [0.29, 0.717) is 30.7 Å². The van der Waals surface area contributed by atoms with Gasteiger partial charge in [0, 0.05) is 45.2 Å². The molecule has 9 heteroatoms. The normalized spacial score (nSPS) is 10.9. The molecule has 0 spiro atoms. The molecule has 0 radical (unpaired) electrons. The highest BCUT2D eigenvalue weighted by atomic mass is 127. The number of guanidine groups is 1. The summed E-state index contributed by atoms with van der Waals surface area (Å²) in [6, 6.07) is 11.5. The lowest BCUT2D eigenvalue weighted by molar-refractivity contribution is 0.457. The number of nitrogens with zero attached hydrogens (tertiary/aromatic N) is 4. The van der Waals surface area contributed by atoms with Crippen LogP contribution in [0, 0.1) is 5.82 Å². The van der Waals surface area contributed by atoms with Crippen LogP contribution in [-0.4, -0.2) is 27.8 Å². The highest BCUT2D eigenvalue weighted by molar-refractivity contribution is 14.0. The third-order valence-electron chi connectivity index (χ3n) is 3.86. The Morgan fingerprint density at radius 1 is 1.18 bits per heavy atom. The first-order valence-electron chi connectivity index (χ1n) is 8.44. The first-order valence-corrected chi connectivity index (χ1v) is 8.44. The van der Waals surface area contributed by atoms with E-state index in [4.69, 9.17) is 4.74 Å². The van der Waals surface area contributed by atoms with Crippen LogP contribution in [0.4, 0.5) is 4.39 Å². The summed E-state index contributed by atoms with van der Waals surface area (Å²) >= 11 is 0. The molecule has 0 amide bonds. The molecular weight excluding hydrogens is 474 g/mol. The fourth-order valence-electron chi connectivity index (χ4n) is 2.38. The van der Waals surface area contributed by atoms with Gasteiger partial charge in [0.15, 0.2) is 5.96 Å². The van der Waals surface area contributed by atoms with E-state index < -0.39 is 0 Å². The molecule has 0 saturated heterocycles. The van der Waals surface area contributed by atoms with Crippen LogP contribution in [0.25, 0.3) is 0 Å². The van der Waals surface area contributed by atoms with Crippen LogP contribution < -0.4 is 15.4 Å². The Bertz CT molecular complexity index is 913. The molecule has 7 nitrogen and oxygen atoms in total. The molecule has 0 aliphatic carbocycles. The smallest absolute Gasteiger partial charge is 0.219 e.